The Kier molecular flexibility index (Phi) is 4.83. The first-order valence-electron chi connectivity index (χ1n) is 7.96. The van der Waals surface area contributed by atoms with Gasteiger partial charge in [0, 0.05) is 17.6 Å². The molecule has 1 amide bonds. The molecule has 1 aliphatic heterocycles. The lowest BCUT2D eigenvalue weighted by Gasteiger charge is -2.51. The van der Waals surface area contributed by atoms with Crippen LogP contribution in [-0.2, 0) is 14.3 Å². The highest BCUT2D eigenvalue weighted by atomic mass is 35.5. The van der Waals surface area contributed by atoms with Crippen LogP contribution in [0.3, 0.4) is 0 Å². The fraction of sp³-hybridized carbons (Fsp3) is 0.200. The maximum absolute atomic E-state index is 14.5. The van der Waals surface area contributed by atoms with Crippen molar-refractivity contribution in [2.45, 2.75) is 6.04 Å². The van der Waals surface area contributed by atoms with Crippen molar-refractivity contribution in [1.82, 2.24) is 4.90 Å². The summed E-state index contributed by atoms with van der Waals surface area (Å²) in [6.07, 6.45) is 3.16. The summed E-state index contributed by atoms with van der Waals surface area (Å²) in [5, 5.41) is 0.239. The van der Waals surface area contributed by atoms with Gasteiger partial charge in [-0.2, -0.15) is 0 Å². The van der Waals surface area contributed by atoms with Crippen LogP contribution in [0.4, 0.5) is 4.39 Å². The van der Waals surface area contributed by atoms with E-state index in [9.17, 15) is 14.0 Å². The van der Waals surface area contributed by atoms with E-state index in [1.165, 1.54) is 37.3 Å². The summed E-state index contributed by atoms with van der Waals surface area (Å²) < 4.78 is 19.4. The number of carbonyl (C=O) groups excluding carboxylic acids is 2. The summed E-state index contributed by atoms with van der Waals surface area (Å²) in [5.41, 5.74) is -0.596. The van der Waals surface area contributed by atoms with E-state index >= 15 is 0 Å². The van der Waals surface area contributed by atoms with Gasteiger partial charge in [-0.15, -0.1) is 0 Å². The van der Waals surface area contributed by atoms with Gasteiger partial charge in [0.1, 0.15) is 5.82 Å². The van der Waals surface area contributed by atoms with Crippen LogP contribution in [0.5, 0.6) is 0 Å². The SMILES string of the molecule is COC(=O)[C@]1(/C=C/c2ccccc2)C(=O)N(C)[C@@H]1c1ccc(Cl)cc1F. The summed E-state index contributed by atoms with van der Waals surface area (Å²) >= 11 is 5.82. The van der Waals surface area contributed by atoms with Crippen molar-refractivity contribution < 1.29 is 18.7 Å². The molecule has 0 unspecified atom stereocenters. The van der Waals surface area contributed by atoms with Crippen molar-refractivity contribution in [3.63, 3.8) is 0 Å². The quantitative estimate of drug-likeness (QED) is 0.464. The number of hydrogen-bond acceptors (Lipinski definition) is 3. The van der Waals surface area contributed by atoms with Gasteiger partial charge in [-0.25, -0.2) is 4.39 Å². The Labute approximate surface area is 155 Å². The van der Waals surface area contributed by atoms with Crippen LogP contribution in [0.25, 0.3) is 6.08 Å². The third kappa shape index (κ3) is 2.78. The molecule has 4 nitrogen and oxygen atoms in total. The van der Waals surface area contributed by atoms with Crippen LogP contribution < -0.4 is 0 Å². The zero-order valence-electron chi connectivity index (χ0n) is 14.3. The first-order valence-corrected chi connectivity index (χ1v) is 8.34. The lowest BCUT2D eigenvalue weighted by Crippen LogP contribution is -2.64. The molecule has 0 radical (unpaired) electrons. The molecule has 6 heteroatoms. The van der Waals surface area contributed by atoms with Crippen LogP contribution >= 0.6 is 11.6 Å². The standard InChI is InChI=1S/C20H17ClFNO3/c1-23-17(15-9-8-14(21)12-16(15)22)20(18(23)24,19(25)26-2)11-10-13-6-4-3-5-7-13/h3-12,17H,1-2H3/b11-10+/t17-,20+/m1/s1. The van der Waals surface area contributed by atoms with Gasteiger partial charge in [0.05, 0.1) is 13.2 Å². The molecule has 2 atom stereocenters. The van der Waals surface area contributed by atoms with E-state index in [4.69, 9.17) is 16.3 Å². The molecule has 1 fully saturated rings. The smallest absolute Gasteiger partial charge is 0.327 e. The molecule has 0 saturated carbocycles. The Morgan fingerprint density at radius 3 is 2.58 bits per heavy atom. The maximum atomic E-state index is 14.5. The number of β-lactam (4-membered cyclic amide) rings is 1. The maximum Gasteiger partial charge on any atom is 0.327 e. The first kappa shape index (κ1) is 18.1. The van der Waals surface area contributed by atoms with E-state index in [0.29, 0.717) is 0 Å². The van der Waals surface area contributed by atoms with E-state index < -0.39 is 29.2 Å². The molecular weight excluding hydrogens is 357 g/mol. The molecule has 1 saturated heterocycles. The van der Waals surface area contributed by atoms with Gasteiger partial charge in [0.15, 0.2) is 5.41 Å². The van der Waals surface area contributed by atoms with Crippen molar-refractivity contribution in [2.75, 3.05) is 14.2 Å². The molecule has 2 aromatic rings. The topological polar surface area (TPSA) is 46.6 Å². The summed E-state index contributed by atoms with van der Waals surface area (Å²) in [6.45, 7) is 0. The number of methoxy groups -OCH3 is 1. The molecule has 3 rings (SSSR count). The zero-order chi connectivity index (χ0) is 18.9. The van der Waals surface area contributed by atoms with Crippen LogP contribution in [0.15, 0.2) is 54.6 Å². The number of likely N-dealkylation sites (tertiary alicyclic amines) is 1. The Balaban J connectivity index is 2.10. The van der Waals surface area contributed by atoms with E-state index in [1.54, 1.807) is 6.08 Å². The van der Waals surface area contributed by atoms with Crippen molar-refractivity contribution in [3.05, 3.63) is 76.6 Å². The average molecular weight is 374 g/mol. The molecule has 0 aliphatic carbocycles. The molecule has 1 heterocycles. The molecule has 1 aliphatic rings. The molecule has 134 valence electrons. The fourth-order valence-electron chi connectivity index (χ4n) is 3.33. The number of benzene rings is 2. The number of halogens is 2. The van der Waals surface area contributed by atoms with Gasteiger partial charge in [0.25, 0.3) is 0 Å². The zero-order valence-corrected chi connectivity index (χ0v) is 15.0. The minimum Gasteiger partial charge on any atom is -0.468 e. The lowest BCUT2D eigenvalue weighted by molar-refractivity contribution is -0.180. The van der Waals surface area contributed by atoms with Gasteiger partial charge in [-0.1, -0.05) is 60.2 Å². The molecule has 0 N–H and O–H groups in total. The number of esters is 1. The van der Waals surface area contributed by atoms with Crippen molar-refractivity contribution >= 4 is 29.6 Å². The third-order valence-electron chi connectivity index (χ3n) is 4.61. The normalized spacial score (nSPS) is 22.4. The molecule has 0 aromatic heterocycles. The Hall–Kier alpha value is -2.66. The summed E-state index contributed by atoms with van der Waals surface area (Å²) in [6, 6.07) is 12.6. The second-order valence-electron chi connectivity index (χ2n) is 6.09. The highest BCUT2D eigenvalue weighted by Gasteiger charge is 2.64. The lowest BCUT2D eigenvalue weighted by atomic mass is 9.67. The predicted molar refractivity (Wildman–Crippen MR) is 96.8 cm³/mol. The number of nitrogens with zero attached hydrogens (tertiary/aromatic N) is 1. The van der Waals surface area contributed by atoms with E-state index in [2.05, 4.69) is 0 Å². The number of carbonyl (C=O) groups is 2. The highest BCUT2D eigenvalue weighted by molar-refractivity contribution is 6.30. The molecule has 26 heavy (non-hydrogen) atoms. The first-order chi connectivity index (χ1) is 12.4. The van der Waals surface area contributed by atoms with E-state index in [0.717, 1.165) is 11.6 Å². The largest absolute Gasteiger partial charge is 0.468 e. The Bertz CT molecular complexity index is 874. The number of ether oxygens (including phenoxy) is 1. The summed E-state index contributed by atoms with van der Waals surface area (Å²) in [7, 11) is 2.74. The minimum atomic E-state index is -1.62. The molecule has 2 aromatic carbocycles. The number of hydrogen-bond donors (Lipinski definition) is 0. The van der Waals surface area contributed by atoms with Gasteiger partial charge < -0.3 is 9.64 Å². The molecular formula is C20H17ClFNO3. The van der Waals surface area contributed by atoms with Gasteiger partial charge in [0.2, 0.25) is 5.91 Å². The fourth-order valence-corrected chi connectivity index (χ4v) is 3.49. The van der Waals surface area contributed by atoms with Crippen molar-refractivity contribution in [3.8, 4) is 0 Å². The minimum absolute atomic E-state index is 0.208. The van der Waals surface area contributed by atoms with Crippen molar-refractivity contribution in [1.29, 1.82) is 0 Å². The average Bonchev–Trinajstić information content (AvgIpc) is 2.65. The Morgan fingerprint density at radius 2 is 1.96 bits per heavy atom. The Morgan fingerprint density at radius 1 is 1.27 bits per heavy atom. The molecule has 0 spiro atoms. The number of rotatable bonds is 4. The highest BCUT2D eigenvalue weighted by Crippen LogP contribution is 2.52. The van der Waals surface area contributed by atoms with E-state index in [1.807, 2.05) is 30.3 Å². The van der Waals surface area contributed by atoms with Gasteiger partial charge in [-0.05, 0) is 17.7 Å². The van der Waals surface area contributed by atoms with Gasteiger partial charge in [-0.3, -0.25) is 9.59 Å². The van der Waals surface area contributed by atoms with Crippen molar-refractivity contribution in [2.24, 2.45) is 5.41 Å². The predicted octanol–water partition coefficient (Wildman–Crippen LogP) is 3.87. The van der Waals surface area contributed by atoms with Crippen LogP contribution in [0, 0.1) is 11.2 Å². The second kappa shape index (κ2) is 6.92. The van der Waals surface area contributed by atoms with Crippen LogP contribution in [0.2, 0.25) is 5.02 Å². The van der Waals surface area contributed by atoms with Gasteiger partial charge >= 0.3 is 5.97 Å². The van der Waals surface area contributed by atoms with Crippen LogP contribution in [0.1, 0.15) is 17.2 Å². The van der Waals surface area contributed by atoms with E-state index in [-0.39, 0.29) is 10.6 Å². The number of amides is 1. The second-order valence-corrected chi connectivity index (χ2v) is 6.53. The summed E-state index contributed by atoms with van der Waals surface area (Å²) in [5.74, 6) is -1.76. The monoisotopic (exact) mass is 373 g/mol. The third-order valence-corrected chi connectivity index (χ3v) is 4.85. The van der Waals surface area contributed by atoms with Crippen LogP contribution in [-0.4, -0.2) is 30.9 Å². The summed E-state index contributed by atoms with van der Waals surface area (Å²) in [4.78, 5) is 26.6. The molecule has 0 bridgehead atoms.